The zero-order chi connectivity index (χ0) is 11.5. The van der Waals surface area contributed by atoms with Crippen LogP contribution in [0.1, 0.15) is 26.3 Å². The van der Waals surface area contributed by atoms with Crippen LogP contribution in [-0.4, -0.2) is 6.54 Å². The molecule has 15 heavy (non-hydrogen) atoms. The van der Waals surface area contributed by atoms with E-state index in [1.165, 1.54) is 5.56 Å². The van der Waals surface area contributed by atoms with E-state index < -0.39 is 0 Å². The van der Waals surface area contributed by atoms with Crippen molar-refractivity contribution in [2.24, 2.45) is 5.41 Å². The van der Waals surface area contributed by atoms with Crippen LogP contribution in [0.25, 0.3) is 0 Å². The van der Waals surface area contributed by atoms with Gasteiger partial charge in [-0.25, -0.2) is 0 Å². The second kappa shape index (κ2) is 4.86. The third kappa shape index (κ3) is 4.54. The lowest BCUT2D eigenvalue weighted by Gasteiger charge is -2.18. The highest BCUT2D eigenvalue weighted by Gasteiger charge is 2.08. The van der Waals surface area contributed by atoms with Crippen molar-refractivity contribution >= 4 is 17.3 Å². The predicted octanol–water partition coefficient (Wildman–Crippen LogP) is 3.06. The van der Waals surface area contributed by atoms with E-state index in [0.29, 0.717) is 16.1 Å². The van der Waals surface area contributed by atoms with Crippen LogP contribution in [0.4, 0.5) is 5.69 Å². The van der Waals surface area contributed by atoms with E-state index in [9.17, 15) is 0 Å². The molecule has 0 radical (unpaired) electrons. The standard InChI is InChI=1S/C12H19ClN2/c1-12(2,3)8-15-7-9-4-5-10(13)11(14)6-9/h4-6,15H,7-8,14H2,1-3H3. The van der Waals surface area contributed by atoms with E-state index in [-0.39, 0.29) is 0 Å². The molecule has 0 aliphatic heterocycles. The molecule has 1 aromatic carbocycles. The van der Waals surface area contributed by atoms with Gasteiger partial charge in [0.25, 0.3) is 0 Å². The number of hydrogen-bond acceptors (Lipinski definition) is 2. The molecule has 3 heteroatoms. The zero-order valence-corrected chi connectivity index (χ0v) is 10.4. The average Bonchev–Trinajstić information content (AvgIpc) is 2.09. The van der Waals surface area contributed by atoms with Gasteiger partial charge in [0, 0.05) is 13.1 Å². The Hall–Kier alpha value is -0.730. The molecular formula is C12H19ClN2. The minimum absolute atomic E-state index is 0.304. The summed E-state index contributed by atoms with van der Waals surface area (Å²) in [6.07, 6.45) is 0. The van der Waals surface area contributed by atoms with Crippen molar-refractivity contribution in [1.29, 1.82) is 0 Å². The minimum atomic E-state index is 0.304. The first-order chi connectivity index (χ1) is 6.88. The van der Waals surface area contributed by atoms with Crippen molar-refractivity contribution in [1.82, 2.24) is 5.32 Å². The maximum absolute atomic E-state index is 5.84. The molecule has 0 aromatic heterocycles. The van der Waals surface area contributed by atoms with E-state index in [1.807, 2.05) is 18.2 Å². The highest BCUT2D eigenvalue weighted by atomic mass is 35.5. The number of rotatable bonds is 3. The minimum Gasteiger partial charge on any atom is -0.398 e. The second-order valence-electron chi connectivity index (χ2n) is 5.02. The fraction of sp³-hybridized carbons (Fsp3) is 0.500. The van der Waals surface area contributed by atoms with Gasteiger partial charge in [-0.3, -0.25) is 0 Å². The third-order valence-corrected chi connectivity index (χ3v) is 2.39. The molecule has 2 nitrogen and oxygen atoms in total. The van der Waals surface area contributed by atoms with Crippen molar-refractivity contribution in [2.45, 2.75) is 27.3 Å². The summed E-state index contributed by atoms with van der Waals surface area (Å²) in [6, 6.07) is 5.75. The van der Waals surface area contributed by atoms with Crippen molar-refractivity contribution in [3.8, 4) is 0 Å². The Morgan fingerprint density at radius 1 is 1.33 bits per heavy atom. The molecule has 0 heterocycles. The maximum Gasteiger partial charge on any atom is 0.0635 e. The van der Waals surface area contributed by atoms with Crippen LogP contribution in [0.2, 0.25) is 5.02 Å². The Bertz CT molecular complexity index is 329. The molecule has 0 atom stereocenters. The van der Waals surface area contributed by atoms with Crippen molar-refractivity contribution in [3.63, 3.8) is 0 Å². The van der Waals surface area contributed by atoms with Gasteiger partial charge in [0.15, 0.2) is 0 Å². The fourth-order valence-corrected chi connectivity index (χ4v) is 1.40. The molecular weight excluding hydrogens is 208 g/mol. The van der Waals surface area contributed by atoms with E-state index in [1.54, 1.807) is 0 Å². The Balaban J connectivity index is 2.48. The predicted molar refractivity (Wildman–Crippen MR) is 67.0 cm³/mol. The van der Waals surface area contributed by atoms with Gasteiger partial charge in [-0.15, -0.1) is 0 Å². The van der Waals surface area contributed by atoms with E-state index in [4.69, 9.17) is 17.3 Å². The highest BCUT2D eigenvalue weighted by Crippen LogP contribution is 2.19. The summed E-state index contributed by atoms with van der Waals surface area (Å²) in [5.41, 5.74) is 7.83. The molecule has 1 aromatic rings. The quantitative estimate of drug-likeness (QED) is 0.778. The number of hydrogen-bond donors (Lipinski definition) is 2. The molecule has 0 saturated heterocycles. The van der Waals surface area contributed by atoms with Gasteiger partial charge in [0.2, 0.25) is 0 Å². The number of anilines is 1. The van der Waals surface area contributed by atoms with Gasteiger partial charge in [-0.1, -0.05) is 38.4 Å². The monoisotopic (exact) mass is 226 g/mol. The number of nitrogens with two attached hydrogens (primary N) is 1. The molecule has 84 valence electrons. The fourth-order valence-electron chi connectivity index (χ4n) is 1.29. The van der Waals surface area contributed by atoms with Gasteiger partial charge in [0.05, 0.1) is 10.7 Å². The van der Waals surface area contributed by atoms with Gasteiger partial charge in [-0.2, -0.15) is 0 Å². The lowest BCUT2D eigenvalue weighted by atomic mass is 9.97. The lowest BCUT2D eigenvalue weighted by Crippen LogP contribution is -2.26. The number of nitrogen functional groups attached to an aromatic ring is 1. The Morgan fingerprint density at radius 3 is 2.53 bits per heavy atom. The van der Waals surface area contributed by atoms with Crippen LogP contribution in [0.3, 0.4) is 0 Å². The summed E-state index contributed by atoms with van der Waals surface area (Å²) < 4.78 is 0. The third-order valence-electron chi connectivity index (χ3n) is 2.04. The molecule has 0 aliphatic carbocycles. The maximum atomic E-state index is 5.84. The molecule has 0 unspecified atom stereocenters. The molecule has 0 fully saturated rings. The zero-order valence-electron chi connectivity index (χ0n) is 9.60. The molecule has 0 bridgehead atoms. The molecule has 0 amide bonds. The smallest absolute Gasteiger partial charge is 0.0635 e. The Labute approximate surface area is 96.8 Å². The molecule has 1 rings (SSSR count). The van der Waals surface area contributed by atoms with Gasteiger partial charge in [0.1, 0.15) is 0 Å². The summed E-state index contributed by atoms with van der Waals surface area (Å²) in [5.74, 6) is 0. The Kier molecular flexibility index (Phi) is 4.00. The van der Waals surface area contributed by atoms with E-state index in [0.717, 1.165) is 13.1 Å². The second-order valence-corrected chi connectivity index (χ2v) is 5.43. The van der Waals surface area contributed by atoms with Crippen LogP contribution in [0, 0.1) is 5.41 Å². The molecule has 0 aliphatic rings. The van der Waals surface area contributed by atoms with Crippen LogP contribution >= 0.6 is 11.6 Å². The summed E-state index contributed by atoms with van der Waals surface area (Å²) >= 11 is 5.84. The van der Waals surface area contributed by atoms with Gasteiger partial charge in [-0.05, 0) is 23.1 Å². The molecule has 0 saturated carbocycles. The van der Waals surface area contributed by atoms with E-state index >= 15 is 0 Å². The number of nitrogens with one attached hydrogen (secondary N) is 1. The average molecular weight is 227 g/mol. The van der Waals surface area contributed by atoms with Crippen LogP contribution in [0.15, 0.2) is 18.2 Å². The summed E-state index contributed by atoms with van der Waals surface area (Å²) in [6.45, 7) is 8.43. The van der Waals surface area contributed by atoms with Crippen LogP contribution < -0.4 is 11.1 Å². The summed E-state index contributed by atoms with van der Waals surface area (Å²) in [5, 5.41) is 4.01. The van der Waals surface area contributed by atoms with Crippen molar-refractivity contribution in [2.75, 3.05) is 12.3 Å². The topological polar surface area (TPSA) is 38.0 Å². The van der Waals surface area contributed by atoms with Crippen molar-refractivity contribution < 1.29 is 0 Å². The lowest BCUT2D eigenvalue weighted by molar-refractivity contribution is 0.379. The number of halogens is 1. The molecule has 0 spiro atoms. The first kappa shape index (κ1) is 12.3. The van der Waals surface area contributed by atoms with E-state index in [2.05, 4.69) is 26.1 Å². The largest absolute Gasteiger partial charge is 0.398 e. The first-order valence-electron chi connectivity index (χ1n) is 5.13. The summed E-state index contributed by atoms with van der Waals surface area (Å²) in [4.78, 5) is 0. The highest BCUT2D eigenvalue weighted by molar-refractivity contribution is 6.33. The molecule has 3 N–H and O–H groups in total. The van der Waals surface area contributed by atoms with Crippen LogP contribution in [-0.2, 0) is 6.54 Å². The number of benzene rings is 1. The SMILES string of the molecule is CC(C)(C)CNCc1ccc(Cl)c(N)c1. The van der Waals surface area contributed by atoms with Crippen molar-refractivity contribution in [3.05, 3.63) is 28.8 Å². The normalized spacial score (nSPS) is 11.7. The van der Waals surface area contributed by atoms with Crippen LogP contribution in [0.5, 0.6) is 0 Å². The van der Waals surface area contributed by atoms with Gasteiger partial charge < -0.3 is 11.1 Å². The summed E-state index contributed by atoms with van der Waals surface area (Å²) in [7, 11) is 0. The Morgan fingerprint density at radius 2 is 2.00 bits per heavy atom. The first-order valence-corrected chi connectivity index (χ1v) is 5.51. The van der Waals surface area contributed by atoms with Gasteiger partial charge >= 0.3 is 0 Å².